The minimum Gasteiger partial charge on any atom is -0.481 e. The number of rotatable bonds is 17. The van der Waals surface area contributed by atoms with Gasteiger partial charge in [-0.2, -0.15) is 0 Å². The van der Waals surface area contributed by atoms with E-state index in [1.54, 1.807) is 24.3 Å². The first kappa shape index (κ1) is 47.9. The van der Waals surface area contributed by atoms with Crippen molar-refractivity contribution in [2.45, 2.75) is 142 Å². The number of carboxylic acid groups (broad SMARTS) is 1. The molecule has 2 aromatic carbocycles. The fourth-order valence-corrected chi connectivity index (χ4v) is 13.0. The van der Waals surface area contributed by atoms with Crippen LogP contribution in [0.4, 0.5) is 4.39 Å². The van der Waals surface area contributed by atoms with Gasteiger partial charge in [0.2, 0.25) is 5.91 Å². The standard InChI is InChI=1S/C53H71FN2O8/c1-31(2)51-40(41(33-12-14-36(54)15-13-33)29-45(56-51)34-9-7-6-8-10-34)17-16-37(57)27-38(58)28-48(61)55-23-24-64-39-21-22-52(4)35(25-39)26-46(59)50-43-19-18-42(32(3)11-20-49(62)63)53(43,5)47(60)30-44(50)52/h6-10,12-17,29,31-32,35,37-39,42-44,46-47,50,57-60H,11,18-28,30H2,1-5H3,(H,55,61)(H,62,63)/b17-16+/t32-,35+,37-,38-,39+,42-,43+,44+,46-,47+,50+,52+,53-/m1/s1. The molecule has 0 bridgehead atoms. The monoisotopic (exact) mass is 883 g/mol. The fraction of sp³-hybridized carbons (Fsp3) is 0.604. The van der Waals surface area contributed by atoms with Crippen LogP contribution < -0.4 is 5.32 Å². The minimum atomic E-state index is -1.08. The number of carbonyl (C=O) groups excluding carboxylic acids is 1. The average molecular weight is 883 g/mol. The van der Waals surface area contributed by atoms with E-state index in [1.807, 2.05) is 50.2 Å². The van der Waals surface area contributed by atoms with Crippen LogP contribution in [-0.4, -0.2) is 86.1 Å². The van der Waals surface area contributed by atoms with Crippen LogP contribution in [0.3, 0.4) is 0 Å². The molecule has 0 saturated heterocycles. The lowest BCUT2D eigenvalue weighted by Crippen LogP contribution is -2.62. The number of nitrogens with zero attached hydrogens (tertiary/aromatic N) is 1. The number of aliphatic hydroxyl groups excluding tert-OH is 4. The molecule has 6 N–H and O–H groups in total. The first-order chi connectivity index (χ1) is 30.5. The molecular formula is C53H71FN2O8. The summed E-state index contributed by atoms with van der Waals surface area (Å²) in [7, 11) is 0. The van der Waals surface area contributed by atoms with Gasteiger partial charge in [-0.05, 0) is 133 Å². The Labute approximate surface area is 378 Å². The largest absolute Gasteiger partial charge is 0.481 e. The van der Waals surface area contributed by atoms with Gasteiger partial charge in [0, 0.05) is 30.5 Å². The highest BCUT2D eigenvalue weighted by atomic mass is 19.1. The molecule has 3 aromatic rings. The summed E-state index contributed by atoms with van der Waals surface area (Å²) >= 11 is 0. The van der Waals surface area contributed by atoms with Crippen LogP contribution in [-0.2, 0) is 14.3 Å². The summed E-state index contributed by atoms with van der Waals surface area (Å²) in [6.07, 6.45) is 6.82. The van der Waals surface area contributed by atoms with Gasteiger partial charge in [-0.3, -0.25) is 14.6 Å². The van der Waals surface area contributed by atoms with Crippen LogP contribution in [0, 0.1) is 52.2 Å². The maximum absolute atomic E-state index is 14.0. The fourth-order valence-electron chi connectivity index (χ4n) is 13.0. The van der Waals surface area contributed by atoms with Crippen molar-refractivity contribution in [3.63, 3.8) is 0 Å². The van der Waals surface area contributed by atoms with E-state index in [0.29, 0.717) is 25.9 Å². The van der Waals surface area contributed by atoms with Gasteiger partial charge in [-0.15, -0.1) is 0 Å². The Kier molecular flexibility index (Phi) is 15.2. The van der Waals surface area contributed by atoms with Gasteiger partial charge in [0.1, 0.15) is 5.82 Å². The molecule has 4 aliphatic rings. The Balaban J connectivity index is 0.891. The number of hydrogen-bond donors (Lipinski definition) is 6. The number of halogens is 1. The van der Waals surface area contributed by atoms with Gasteiger partial charge in [0.15, 0.2) is 0 Å². The zero-order valence-corrected chi connectivity index (χ0v) is 38.3. The third-order valence-corrected chi connectivity index (χ3v) is 16.4. The summed E-state index contributed by atoms with van der Waals surface area (Å²) in [4.78, 5) is 29.2. The van der Waals surface area contributed by atoms with Crippen molar-refractivity contribution in [1.29, 1.82) is 0 Å². The van der Waals surface area contributed by atoms with Crippen LogP contribution in [0.2, 0.25) is 0 Å². The Bertz CT molecular complexity index is 2100. The first-order valence-electron chi connectivity index (χ1n) is 23.9. The molecule has 0 unspecified atom stereocenters. The third-order valence-electron chi connectivity index (χ3n) is 16.4. The van der Waals surface area contributed by atoms with E-state index in [0.717, 1.165) is 65.7 Å². The number of benzene rings is 2. The molecule has 1 aromatic heterocycles. The lowest BCUT2D eigenvalue weighted by atomic mass is 9.43. The van der Waals surface area contributed by atoms with E-state index >= 15 is 0 Å². The number of amides is 1. The highest BCUT2D eigenvalue weighted by Crippen LogP contribution is 2.68. The van der Waals surface area contributed by atoms with Gasteiger partial charge in [0.05, 0.1) is 54.9 Å². The van der Waals surface area contributed by atoms with E-state index in [2.05, 4.69) is 26.1 Å². The number of nitrogens with one attached hydrogen (secondary N) is 1. The number of hydrogen-bond acceptors (Lipinski definition) is 8. The van der Waals surface area contributed by atoms with Gasteiger partial charge in [0.25, 0.3) is 0 Å². The van der Waals surface area contributed by atoms with Gasteiger partial charge in [-0.1, -0.05) is 89.2 Å². The quantitative estimate of drug-likeness (QED) is 0.0726. The van der Waals surface area contributed by atoms with E-state index in [1.165, 1.54) is 12.1 Å². The van der Waals surface area contributed by atoms with Crippen molar-refractivity contribution in [1.82, 2.24) is 10.3 Å². The zero-order valence-electron chi connectivity index (χ0n) is 38.3. The zero-order chi connectivity index (χ0) is 45.9. The van der Waals surface area contributed by atoms with E-state index < -0.39 is 30.4 Å². The summed E-state index contributed by atoms with van der Waals surface area (Å²) in [6.45, 7) is 11.4. The predicted molar refractivity (Wildman–Crippen MR) is 246 cm³/mol. The van der Waals surface area contributed by atoms with Crippen molar-refractivity contribution in [2.75, 3.05) is 13.2 Å². The van der Waals surface area contributed by atoms with Crippen LogP contribution in [0.1, 0.15) is 122 Å². The lowest BCUT2D eigenvalue weighted by Gasteiger charge is -2.63. The Morgan fingerprint density at radius 2 is 1.69 bits per heavy atom. The molecule has 348 valence electrons. The van der Waals surface area contributed by atoms with Crippen molar-refractivity contribution < 1.29 is 44.2 Å². The van der Waals surface area contributed by atoms with Gasteiger partial charge in [-0.25, -0.2) is 4.39 Å². The molecule has 10 nitrogen and oxygen atoms in total. The van der Waals surface area contributed by atoms with Crippen molar-refractivity contribution >= 4 is 18.0 Å². The average Bonchev–Trinajstić information content (AvgIpc) is 3.62. The van der Waals surface area contributed by atoms with Crippen LogP contribution in [0.5, 0.6) is 0 Å². The molecule has 7 rings (SSSR count). The number of carboxylic acids is 1. The summed E-state index contributed by atoms with van der Waals surface area (Å²) in [5, 5.41) is 57.7. The first-order valence-corrected chi connectivity index (χ1v) is 23.9. The number of aromatic nitrogens is 1. The van der Waals surface area contributed by atoms with E-state index in [-0.39, 0.29) is 95.9 Å². The summed E-state index contributed by atoms with van der Waals surface area (Å²) in [5.74, 6) is -0.181. The van der Waals surface area contributed by atoms with Crippen molar-refractivity contribution in [3.05, 3.63) is 83.8 Å². The Morgan fingerprint density at radius 3 is 2.39 bits per heavy atom. The highest BCUT2D eigenvalue weighted by molar-refractivity contribution is 5.81. The molecular weight excluding hydrogens is 812 g/mol. The maximum atomic E-state index is 14.0. The molecule has 1 heterocycles. The van der Waals surface area contributed by atoms with Crippen LogP contribution >= 0.6 is 0 Å². The summed E-state index contributed by atoms with van der Waals surface area (Å²) in [5.41, 5.74) is 4.64. The molecule has 0 spiro atoms. The summed E-state index contributed by atoms with van der Waals surface area (Å²) in [6, 6.07) is 18.1. The molecule has 4 aliphatic carbocycles. The van der Waals surface area contributed by atoms with E-state index in [9.17, 15) is 39.5 Å². The molecule has 0 radical (unpaired) electrons. The second-order valence-electron chi connectivity index (χ2n) is 20.5. The topological polar surface area (TPSA) is 169 Å². The lowest BCUT2D eigenvalue weighted by molar-refractivity contribution is -0.209. The number of ether oxygens (including phenoxy) is 1. The summed E-state index contributed by atoms with van der Waals surface area (Å²) < 4.78 is 20.3. The van der Waals surface area contributed by atoms with Crippen molar-refractivity contribution in [2.24, 2.45) is 46.3 Å². The Hall–Kier alpha value is -4.00. The molecule has 11 heteroatoms. The normalized spacial score (nSPS) is 31.5. The Morgan fingerprint density at radius 1 is 0.953 bits per heavy atom. The molecule has 1 amide bonds. The smallest absolute Gasteiger partial charge is 0.303 e. The van der Waals surface area contributed by atoms with Gasteiger partial charge >= 0.3 is 5.97 Å². The molecule has 13 atom stereocenters. The number of pyridine rings is 1. The van der Waals surface area contributed by atoms with Crippen LogP contribution in [0.15, 0.2) is 66.7 Å². The molecule has 4 fully saturated rings. The number of aliphatic hydroxyl groups is 4. The number of fused-ring (bicyclic) bond motifs is 5. The van der Waals surface area contributed by atoms with Crippen LogP contribution in [0.25, 0.3) is 28.5 Å². The predicted octanol–water partition coefficient (Wildman–Crippen LogP) is 8.80. The molecule has 4 saturated carbocycles. The third kappa shape index (κ3) is 10.2. The number of aliphatic carboxylic acids is 1. The highest BCUT2D eigenvalue weighted by Gasteiger charge is 2.65. The number of carbonyl (C=O) groups is 2. The molecule has 64 heavy (non-hydrogen) atoms. The second kappa shape index (κ2) is 20.3. The van der Waals surface area contributed by atoms with Gasteiger partial charge < -0.3 is 35.6 Å². The van der Waals surface area contributed by atoms with Crippen molar-refractivity contribution in [3.8, 4) is 22.4 Å². The second-order valence-corrected chi connectivity index (χ2v) is 20.5. The SMILES string of the molecule is CC(C)c1nc(-c2ccccc2)cc(-c2ccc(F)cc2)c1/C=C/[C@@H](O)C[C@@H](O)CC(=O)NCCO[C@H]1CC[C@@]2(C)[C@@H](C1)C[C@@H](O)[C@@H]1[C@@H]2C[C@H](O)[C@]2(C)[C@@H]([C@H](C)CCC(=O)O)CC[C@@H]12. The maximum Gasteiger partial charge on any atom is 0.303 e. The minimum absolute atomic E-state index is 0.000467. The molecule has 0 aliphatic heterocycles. The van der Waals surface area contributed by atoms with E-state index in [4.69, 9.17) is 9.72 Å².